The quantitative estimate of drug-likeness (QED) is 0.365. The second-order valence-corrected chi connectivity index (χ2v) is 8.18. The summed E-state index contributed by atoms with van der Waals surface area (Å²) in [6.45, 7) is 12.0. The van der Waals surface area contributed by atoms with Crippen molar-refractivity contribution in [2.75, 3.05) is 53.2 Å². The van der Waals surface area contributed by atoms with Crippen LogP contribution in [0.25, 0.3) is 0 Å². The highest BCUT2D eigenvalue weighted by Gasteiger charge is 2.18. The monoisotopic (exact) mass is 391 g/mol. The number of hydrogen-bond donors (Lipinski definition) is 2. The molecule has 1 saturated heterocycles. The summed E-state index contributed by atoms with van der Waals surface area (Å²) in [6.07, 6.45) is 2.07. The van der Waals surface area contributed by atoms with E-state index in [1.165, 1.54) is 5.56 Å². The average molecular weight is 392 g/mol. The zero-order valence-electron chi connectivity index (χ0n) is 17.9. The van der Waals surface area contributed by atoms with Crippen molar-refractivity contribution in [3.8, 4) is 5.75 Å². The summed E-state index contributed by atoms with van der Waals surface area (Å²) in [5, 5.41) is 6.60. The lowest BCUT2D eigenvalue weighted by Gasteiger charge is -2.22. The van der Waals surface area contributed by atoms with Gasteiger partial charge < -0.3 is 24.8 Å². The molecule has 0 radical (unpaired) electrons. The van der Waals surface area contributed by atoms with Crippen LogP contribution in [-0.2, 0) is 14.9 Å². The van der Waals surface area contributed by atoms with Gasteiger partial charge in [-0.25, -0.2) is 0 Å². The Morgan fingerprint density at radius 1 is 1.18 bits per heavy atom. The van der Waals surface area contributed by atoms with Crippen LogP contribution in [0.2, 0.25) is 0 Å². The molecular weight excluding hydrogens is 354 g/mol. The Morgan fingerprint density at radius 2 is 1.96 bits per heavy atom. The summed E-state index contributed by atoms with van der Waals surface area (Å²) < 4.78 is 17.1. The summed E-state index contributed by atoms with van der Waals surface area (Å²) in [6, 6.07) is 8.24. The molecule has 1 aromatic rings. The first-order valence-electron chi connectivity index (χ1n) is 10.3. The van der Waals surface area contributed by atoms with Gasteiger partial charge in [0.15, 0.2) is 5.96 Å². The Hall–Kier alpha value is -1.79. The fraction of sp³-hybridized carbons (Fsp3) is 0.682. The molecule has 1 aromatic carbocycles. The minimum absolute atomic E-state index is 0.0640. The Kier molecular flexibility index (Phi) is 9.58. The maximum Gasteiger partial charge on any atom is 0.191 e. The predicted octanol–water partition coefficient (Wildman–Crippen LogP) is 2.97. The van der Waals surface area contributed by atoms with Gasteiger partial charge in [0.2, 0.25) is 0 Å². The van der Waals surface area contributed by atoms with E-state index in [4.69, 9.17) is 14.2 Å². The molecule has 0 aliphatic carbocycles. The molecule has 1 atom stereocenters. The summed E-state index contributed by atoms with van der Waals surface area (Å²) >= 11 is 0. The molecule has 1 fully saturated rings. The van der Waals surface area contributed by atoms with Gasteiger partial charge in [0.25, 0.3) is 0 Å². The van der Waals surface area contributed by atoms with Crippen molar-refractivity contribution < 1.29 is 14.2 Å². The highest BCUT2D eigenvalue weighted by atomic mass is 16.5. The number of nitrogens with zero attached hydrogens (tertiary/aromatic N) is 1. The van der Waals surface area contributed by atoms with Crippen LogP contribution in [-0.4, -0.2) is 59.1 Å². The number of hydrogen-bond acceptors (Lipinski definition) is 4. The van der Waals surface area contributed by atoms with Gasteiger partial charge in [-0.2, -0.15) is 0 Å². The third-order valence-corrected chi connectivity index (χ3v) is 4.71. The first-order chi connectivity index (χ1) is 13.5. The van der Waals surface area contributed by atoms with Gasteiger partial charge in [-0.1, -0.05) is 39.0 Å². The van der Waals surface area contributed by atoms with Crippen LogP contribution in [0.15, 0.2) is 29.3 Å². The number of guanidine groups is 1. The molecule has 6 heteroatoms. The molecule has 1 aliphatic rings. The number of nitrogens with one attached hydrogen (secondary N) is 2. The van der Waals surface area contributed by atoms with E-state index in [1.807, 2.05) is 12.1 Å². The lowest BCUT2D eigenvalue weighted by Crippen LogP contribution is -2.40. The topological polar surface area (TPSA) is 64.1 Å². The number of para-hydroxylation sites is 1. The van der Waals surface area contributed by atoms with Crippen LogP contribution in [0.3, 0.4) is 0 Å². The van der Waals surface area contributed by atoms with E-state index in [-0.39, 0.29) is 5.41 Å². The van der Waals surface area contributed by atoms with E-state index in [9.17, 15) is 0 Å². The van der Waals surface area contributed by atoms with Gasteiger partial charge in [-0.3, -0.25) is 4.99 Å². The van der Waals surface area contributed by atoms with Crippen LogP contribution < -0.4 is 15.4 Å². The molecular formula is C22H37N3O3. The van der Waals surface area contributed by atoms with Crippen molar-refractivity contribution in [1.82, 2.24) is 10.6 Å². The molecule has 0 amide bonds. The van der Waals surface area contributed by atoms with Crippen molar-refractivity contribution in [3.05, 3.63) is 29.8 Å². The lowest BCUT2D eigenvalue weighted by molar-refractivity contribution is 0.0888. The Morgan fingerprint density at radius 3 is 2.68 bits per heavy atom. The normalized spacial score (nSPS) is 17.6. The first-order valence-corrected chi connectivity index (χ1v) is 10.3. The fourth-order valence-electron chi connectivity index (χ4n) is 3.11. The van der Waals surface area contributed by atoms with Crippen molar-refractivity contribution >= 4 is 5.96 Å². The number of benzene rings is 1. The molecule has 0 spiro atoms. The van der Waals surface area contributed by atoms with E-state index < -0.39 is 0 Å². The van der Waals surface area contributed by atoms with Crippen LogP contribution in [0, 0.1) is 5.92 Å². The number of ether oxygens (including phenoxy) is 3. The van der Waals surface area contributed by atoms with Crippen LogP contribution >= 0.6 is 0 Å². The highest BCUT2D eigenvalue weighted by molar-refractivity contribution is 5.79. The molecule has 0 saturated carbocycles. The van der Waals surface area contributed by atoms with E-state index >= 15 is 0 Å². The maximum absolute atomic E-state index is 5.99. The summed E-state index contributed by atoms with van der Waals surface area (Å²) in [4.78, 5) is 4.25. The molecule has 0 aromatic heterocycles. The third kappa shape index (κ3) is 8.07. The van der Waals surface area contributed by atoms with Gasteiger partial charge in [0.05, 0.1) is 19.8 Å². The van der Waals surface area contributed by atoms with Crippen molar-refractivity contribution in [2.24, 2.45) is 10.9 Å². The zero-order valence-corrected chi connectivity index (χ0v) is 17.9. The Labute approximate surface area is 170 Å². The molecule has 158 valence electrons. The predicted molar refractivity (Wildman–Crippen MR) is 114 cm³/mol. The molecule has 2 N–H and O–H groups in total. The van der Waals surface area contributed by atoms with E-state index in [2.05, 4.69) is 48.5 Å². The van der Waals surface area contributed by atoms with Crippen LogP contribution in [0.4, 0.5) is 0 Å². The smallest absolute Gasteiger partial charge is 0.191 e. The molecule has 2 rings (SSSR count). The number of rotatable bonds is 10. The minimum atomic E-state index is 0.0640. The summed E-state index contributed by atoms with van der Waals surface area (Å²) in [5.41, 5.74) is 1.29. The molecule has 28 heavy (non-hydrogen) atoms. The highest BCUT2D eigenvalue weighted by Crippen LogP contribution is 2.30. The number of aliphatic imine (C=N–C) groups is 1. The molecule has 0 bridgehead atoms. The Bertz CT molecular complexity index is 593. The lowest BCUT2D eigenvalue weighted by atomic mass is 9.86. The van der Waals surface area contributed by atoms with Gasteiger partial charge >= 0.3 is 0 Å². The largest absolute Gasteiger partial charge is 0.491 e. The molecule has 6 nitrogen and oxygen atoms in total. The molecule has 1 unspecified atom stereocenters. The summed E-state index contributed by atoms with van der Waals surface area (Å²) in [7, 11) is 1.78. The van der Waals surface area contributed by atoms with Gasteiger partial charge in [-0.15, -0.1) is 0 Å². The van der Waals surface area contributed by atoms with Crippen LogP contribution in [0.1, 0.15) is 39.2 Å². The second-order valence-electron chi connectivity index (χ2n) is 8.18. The van der Waals surface area contributed by atoms with Crippen molar-refractivity contribution in [2.45, 2.75) is 39.0 Å². The standard InChI is InChI=1S/C22H37N3O3/c1-22(2,3)19-8-5-6-9-20(19)28-15-12-25-21(23-4)24-11-7-13-26-16-18-10-14-27-17-18/h5-6,8-9,18H,7,10-17H2,1-4H3,(H2,23,24,25). The SMILES string of the molecule is CN=C(NCCCOCC1CCOC1)NCCOc1ccccc1C(C)(C)C. The van der Waals surface area contributed by atoms with E-state index in [0.29, 0.717) is 19.1 Å². The second kappa shape index (κ2) is 11.9. The third-order valence-electron chi connectivity index (χ3n) is 4.71. The van der Waals surface area contributed by atoms with Crippen molar-refractivity contribution in [1.29, 1.82) is 0 Å². The van der Waals surface area contributed by atoms with Gasteiger partial charge in [0.1, 0.15) is 12.4 Å². The molecule has 1 heterocycles. The van der Waals surface area contributed by atoms with Gasteiger partial charge in [-0.05, 0) is 29.9 Å². The maximum atomic E-state index is 5.99. The Balaban J connectivity index is 1.57. The first kappa shape index (κ1) is 22.5. The molecule has 1 aliphatic heterocycles. The van der Waals surface area contributed by atoms with E-state index in [1.54, 1.807) is 7.05 Å². The minimum Gasteiger partial charge on any atom is -0.491 e. The fourth-order valence-corrected chi connectivity index (χ4v) is 3.11. The summed E-state index contributed by atoms with van der Waals surface area (Å²) in [5.74, 6) is 2.31. The van der Waals surface area contributed by atoms with E-state index in [0.717, 1.165) is 57.5 Å². The average Bonchev–Trinajstić information content (AvgIpc) is 3.19. The van der Waals surface area contributed by atoms with Gasteiger partial charge in [0, 0.05) is 32.7 Å². The zero-order chi connectivity index (χ0) is 20.2. The van der Waals surface area contributed by atoms with Crippen molar-refractivity contribution in [3.63, 3.8) is 0 Å². The van der Waals surface area contributed by atoms with Crippen LogP contribution in [0.5, 0.6) is 5.75 Å².